The van der Waals surface area contributed by atoms with Gasteiger partial charge in [-0.25, -0.2) is 9.97 Å². The standard InChI is InChI=1S/C14H15ClN2S/c1-9-6-7-18-13(9)14-16-11(8-12(15)17-14)10-4-2-3-5-10/h6-8,10H,2-5H2,1H3. The molecular weight excluding hydrogens is 264 g/mol. The molecule has 2 aromatic rings. The number of thiophene rings is 1. The maximum atomic E-state index is 6.15. The van der Waals surface area contributed by atoms with E-state index in [0.717, 1.165) is 16.4 Å². The zero-order valence-corrected chi connectivity index (χ0v) is 11.9. The fourth-order valence-electron chi connectivity index (χ4n) is 2.57. The van der Waals surface area contributed by atoms with Crippen molar-refractivity contribution in [2.45, 2.75) is 38.5 Å². The van der Waals surface area contributed by atoms with Crippen LogP contribution in [0.25, 0.3) is 10.7 Å². The highest BCUT2D eigenvalue weighted by atomic mass is 35.5. The maximum Gasteiger partial charge on any atom is 0.171 e. The predicted molar refractivity (Wildman–Crippen MR) is 76.3 cm³/mol. The van der Waals surface area contributed by atoms with Crippen molar-refractivity contribution in [2.24, 2.45) is 0 Å². The molecule has 2 nitrogen and oxygen atoms in total. The Labute approximate surface area is 116 Å². The van der Waals surface area contributed by atoms with Crippen LogP contribution in [-0.4, -0.2) is 9.97 Å². The molecule has 0 amide bonds. The van der Waals surface area contributed by atoms with E-state index >= 15 is 0 Å². The molecule has 0 atom stereocenters. The van der Waals surface area contributed by atoms with Crippen LogP contribution in [0.5, 0.6) is 0 Å². The first-order chi connectivity index (χ1) is 8.74. The molecule has 4 heteroatoms. The number of hydrogen-bond donors (Lipinski definition) is 0. The molecule has 3 rings (SSSR count). The van der Waals surface area contributed by atoms with Crippen LogP contribution in [0, 0.1) is 6.92 Å². The van der Waals surface area contributed by atoms with E-state index in [-0.39, 0.29) is 0 Å². The summed E-state index contributed by atoms with van der Waals surface area (Å²) in [6.07, 6.45) is 5.08. The van der Waals surface area contributed by atoms with E-state index < -0.39 is 0 Å². The molecular formula is C14H15ClN2S. The fourth-order valence-corrected chi connectivity index (χ4v) is 3.62. The van der Waals surface area contributed by atoms with Crippen molar-refractivity contribution in [1.29, 1.82) is 0 Å². The van der Waals surface area contributed by atoms with Gasteiger partial charge in [0.05, 0.1) is 4.88 Å². The van der Waals surface area contributed by atoms with Gasteiger partial charge in [-0.3, -0.25) is 0 Å². The summed E-state index contributed by atoms with van der Waals surface area (Å²) in [7, 11) is 0. The molecule has 2 aromatic heterocycles. The summed E-state index contributed by atoms with van der Waals surface area (Å²) in [5.74, 6) is 1.36. The van der Waals surface area contributed by atoms with Gasteiger partial charge in [-0.15, -0.1) is 11.3 Å². The Bertz CT molecular complexity index is 559. The summed E-state index contributed by atoms with van der Waals surface area (Å²) >= 11 is 7.83. The monoisotopic (exact) mass is 278 g/mol. The predicted octanol–water partition coefficient (Wildman–Crippen LogP) is 4.82. The van der Waals surface area contributed by atoms with Gasteiger partial charge in [0.15, 0.2) is 5.82 Å². The molecule has 1 saturated carbocycles. The third-order valence-corrected chi connectivity index (χ3v) is 4.76. The minimum Gasteiger partial charge on any atom is -0.232 e. The molecule has 94 valence electrons. The molecule has 0 spiro atoms. The molecule has 1 aliphatic rings. The number of rotatable bonds is 2. The van der Waals surface area contributed by atoms with Crippen molar-refractivity contribution in [3.63, 3.8) is 0 Å². The van der Waals surface area contributed by atoms with Crippen LogP contribution in [0.4, 0.5) is 0 Å². The normalized spacial score (nSPS) is 16.3. The zero-order chi connectivity index (χ0) is 12.5. The second-order valence-corrected chi connectivity index (χ2v) is 6.16. The van der Waals surface area contributed by atoms with Gasteiger partial charge in [-0.05, 0) is 42.8 Å². The Hall–Kier alpha value is -0.930. The molecule has 0 bridgehead atoms. The fraction of sp³-hybridized carbons (Fsp3) is 0.429. The summed E-state index contributed by atoms with van der Waals surface area (Å²) in [5, 5.41) is 2.64. The second kappa shape index (κ2) is 4.98. The highest BCUT2D eigenvalue weighted by Crippen LogP contribution is 2.35. The van der Waals surface area contributed by atoms with Gasteiger partial charge in [-0.1, -0.05) is 24.4 Å². The Morgan fingerprint density at radius 1 is 1.28 bits per heavy atom. The van der Waals surface area contributed by atoms with Crippen LogP contribution in [-0.2, 0) is 0 Å². The number of nitrogens with zero attached hydrogens (tertiary/aromatic N) is 2. The molecule has 0 aliphatic heterocycles. The van der Waals surface area contributed by atoms with Gasteiger partial charge in [0, 0.05) is 11.6 Å². The number of aryl methyl sites for hydroxylation is 1. The Balaban J connectivity index is 2.03. The lowest BCUT2D eigenvalue weighted by molar-refractivity contribution is 0.695. The van der Waals surface area contributed by atoms with Crippen molar-refractivity contribution in [3.05, 3.63) is 33.9 Å². The molecule has 0 N–H and O–H groups in total. The third kappa shape index (κ3) is 2.29. The van der Waals surface area contributed by atoms with Crippen molar-refractivity contribution < 1.29 is 0 Å². The molecule has 1 aliphatic carbocycles. The van der Waals surface area contributed by atoms with Gasteiger partial charge in [0.1, 0.15) is 5.15 Å². The first-order valence-electron chi connectivity index (χ1n) is 6.33. The molecule has 0 saturated heterocycles. The van der Waals surface area contributed by atoms with Gasteiger partial charge in [0.25, 0.3) is 0 Å². The molecule has 0 unspecified atom stereocenters. The number of halogens is 1. The van der Waals surface area contributed by atoms with Gasteiger partial charge >= 0.3 is 0 Å². The molecule has 0 radical (unpaired) electrons. The quantitative estimate of drug-likeness (QED) is 0.736. The Morgan fingerprint density at radius 3 is 2.72 bits per heavy atom. The maximum absolute atomic E-state index is 6.15. The lowest BCUT2D eigenvalue weighted by Gasteiger charge is -2.10. The average molecular weight is 279 g/mol. The van der Waals surface area contributed by atoms with Gasteiger partial charge in [-0.2, -0.15) is 0 Å². The number of aromatic nitrogens is 2. The molecule has 0 aromatic carbocycles. The summed E-state index contributed by atoms with van der Waals surface area (Å²) in [6, 6.07) is 4.03. The van der Waals surface area contributed by atoms with E-state index in [9.17, 15) is 0 Å². The van der Waals surface area contributed by atoms with Crippen molar-refractivity contribution in [1.82, 2.24) is 9.97 Å². The van der Waals surface area contributed by atoms with E-state index in [1.165, 1.54) is 31.2 Å². The minimum atomic E-state index is 0.565. The summed E-state index contributed by atoms with van der Waals surface area (Å²) < 4.78 is 0. The second-order valence-electron chi connectivity index (χ2n) is 4.85. The van der Waals surface area contributed by atoms with Crippen LogP contribution in [0.1, 0.15) is 42.9 Å². The van der Waals surface area contributed by atoms with E-state index in [0.29, 0.717) is 11.1 Å². The topological polar surface area (TPSA) is 25.8 Å². The first kappa shape index (κ1) is 12.1. The van der Waals surface area contributed by atoms with E-state index in [1.807, 2.05) is 6.07 Å². The van der Waals surface area contributed by atoms with E-state index in [2.05, 4.69) is 23.4 Å². The summed E-state index contributed by atoms with van der Waals surface area (Å²) in [4.78, 5) is 10.2. The molecule has 1 fully saturated rings. The molecule has 2 heterocycles. The van der Waals surface area contributed by atoms with E-state index in [1.54, 1.807) is 11.3 Å². The lowest BCUT2D eigenvalue weighted by Crippen LogP contribution is -2.00. The lowest BCUT2D eigenvalue weighted by atomic mass is 10.0. The SMILES string of the molecule is Cc1ccsc1-c1nc(Cl)cc(C2CCCC2)n1. The zero-order valence-electron chi connectivity index (χ0n) is 10.3. The highest BCUT2D eigenvalue weighted by molar-refractivity contribution is 7.13. The largest absolute Gasteiger partial charge is 0.232 e. The average Bonchev–Trinajstić information content (AvgIpc) is 2.98. The van der Waals surface area contributed by atoms with Gasteiger partial charge < -0.3 is 0 Å². The highest BCUT2D eigenvalue weighted by Gasteiger charge is 2.20. The van der Waals surface area contributed by atoms with Crippen LogP contribution >= 0.6 is 22.9 Å². The van der Waals surface area contributed by atoms with Crippen molar-refractivity contribution in [3.8, 4) is 10.7 Å². The minimum absolute atomic E-state index is 0.565. The van der Waals surface area contributed by atoms with E-state index in [4.69, 9.17) is 16.6 Å². The first-order valence-corrected chi connectivity index (χ1v) is 7.59. The van der Waals surface area contributed by atoms with Crippen LogP contribution in [0.3, 0.4) is 0 Å². The van der Waals surface area contributed by atoms with Gasteiger partial charge in [0.2, 0.25) is 0 Å². The summed E-state index contributed by atoms with van der Waals surface area (Å²) in [5.41, 5.74) is 2.34. The van der Waals surface area contributed by atoms with Crippen LogP contribution in [0.15, 0.2) is 17.5 Å². The summed E-state index contributed by atoms with van der Waals surface area (Å²) in [6.45, 7) is 2.09. The Kier molecular flexibility index (Phi) is 3.35. The van der Waals surface area contributed by atoms with Crippen LogP contribution in [0.2, 0.25) is 5.15 Å². The molecule has 18 heavy (non-hydrogen) atoms. The van der Waals surface area contributed by atoms with Crippen LogP contribution < -0.4 is 0 Å². The van der Waals surface area contributed by atoms with Crippen molar-refractivity contribution in [2.75, 3.05) is 0 Å². The van der Waals surface area contributed by atoms with Crippen molar-refractivity contribution >= 4 is 22.9 Å². The third-order valence-electron chi connectivity index (χ3n) is 3.55. The smallest absolute Gasteiger partial charge is 0.171 e. The Morgan fingerprint density at radius 2 is 2.06 bits per heavy atom. The number of hydrogen-bond acceptors (Lipinski definition) is 3.